The summed E-state index contributed by atoms with van der Waals surface area (Å²) in [4.78, 5) is 0. The standard InChI is InChI=1S/C57H64O7/c1-9-17-39-25-47(49-29-43(21-13-5)56(44(30-49)22-14-6)63-37-52-35-59-52)26-40(18-10-2)54(39)61-33-51(58)34-62-55-41(19-11-3)27-48(28-42(55)20-12-4)50-31-45(23-15-7)57(46(32-50)24-16-8)64-38-53-36-60-53/h9-16,25-32,51-53,58H,1-8,17-24,33-38H2. The highest BCUT2D eigenvalue weighted by Gasteiger charge is 2.26. The van der Waals surface area contributed by atoms with Crippen molar-refractivity contribution in [1.82, 2.24) is 0 Å². The average molecular weight is 861 g/mol. The molecule has 2 atom stereocenters. The smallest absolute Gasteiger partial charge is 0.126 e. The summed E-state index contributed by atoms with van der Waals surface area (Å²) in [5, 5.41) is 11.5. The second kappa shape index (κ2) is 23.5. The van der Waals surface area contributed by atoms with E-state index in [1.54, 1.807) is 0 Å². The first kappa shape index (κ1) is 47.4. The van der Waals surface area contributed by atoms with Gasteiger partial charge in [0, 0.05) is 0 Å². The maximum atomic E-state index is 11.5. The number of epoxide rings is 2. The van der Waals surface area contributed by atoms with Crippen LogP contribution in [0.25, 0.3) is 22.3 Å². The van der Waals surface area contributed by atoms with Crippen LogP contribution in [0.1, 0.15) is 44.5 Å². The third-order valence-corrected chi connectivity index (χ3v) is 11.0. The molecule has 6 rings (SSSR count). The first-order valence-electron chi connectivity index (χ1n) is 22.2. The van der Waals surface area contributed by atoms with Gasteiger partial charge in [-0.15, -0.1) is 52.6 Å². The lowest BCUT2D eigenvalue weighted by molar-refractivity contribution is 0.0615. The minimum absolute atomic E-state index is 0.0163. The van der Waals surface area contributed by atoms with E-state index in [0.29, 0.717) is 76.1 Å². The Balaban J connectivity index is 1.25. The minimum Gasteiger partial charge on any atom is -0.490 e. The quantitative estimate of drug-likeness (QED) is 0.0413. The summed E-state index contributed by atoms with van der Waals surface area (Å²) in [5.74, 6) is 3.14. The maximum Gasteiger partial charge on any atom is 0.126 e. The topological polar surface area (TPSA) is 82.2 Å². The Morgan fingerprint density at radius 1 is 0.406 bits per heavy atom. The lowest BCUT2D eigenvalue weighted by atomic mass is 9.92. The third kappa shape index (κ3) is 12.5. The van der Waals surface area contributed by atoms with E-state index >= 15 is 0 Å². The normalized spacial score (nSPS) is 15.3. The Morgan fingerprint density at radius 2 is 0.609 bits per heavy atom. The van der Waals surface area contributed by atoms with Gasteiger partial charge in [-0.3, -0.25) is 0 Å². The molecule has 0 radical (unpaired) electrons. The van der Waals surface area contributed by atoms with E-state index < -0.39 is 6.10 Å². The van der Waals surface area contributed by atoms with Crippen LogP contribution in [-0.2, 0) is 60.8 Å². The molecule has 2 unspecified atom stereocenters. The molecule has 0 saturated carbocycles. The van der Waals surface area contributed by atoms with Crippen LogP contribution >= 0.6 is 0 Å². The monoisotopic (exact) mass is 860 g/mol. The molecular formula is C57H64O7. The second-order valence-corrected chi connectivity index (χ2v) is 16.2. The van der Waals surface area contributed by atoms with Crippen LogP contribution in [0.2, 0.25) is 0 Å². The summed E-state index contributed by atoms with van der Waals surface area (Å²) in [7, 11) is 0. The predicted octanol–water partition coefficient (Wildman–Crippen LogP) is 11.2. The zero-order valence-corrected chi connectivity index (χ0v) is 37.4. The van der Waals surface area contributed by atoms with Crippen LogP contribution in [0.15, 0.2) is 150 Å². The van der Waals surface area contributed by atoms with Crippen molar-refractivity contribution in [3.05, 3.63) is 194 Å². The van der Waals surface area contributed by atoms with Gasteiger partial charge in [0.05, 0.1) is 13.2 Å². The number of rotatable bonds is 30. The number of allylic oxidation sites excluding steroid dienone is 8. The number of aliphatic hydroxyl groups is 1. The van der Waals surface area contributed by atoms with E-state index in [4.69, 9.17) is 28.4 Å². The number of benzene rings is 4. The van der Waals surface area contributed by atoms with Crippen LogP contribution in [0.4, 0.5) is 0 Å². The van der Waals surface area contributed by atoms with E-state index in [9.17, 15) is 5.11 Å². The molecule has 0 bridgehead atoms. The van der Waals surface area contributed by atoms with E-state index in [2.05, 4.69) is 101 Å². The van der Waals surface area contributed by atoms with Crippen molar-refractivity contribution in [3.63, 3.8) is 0 Å². The molecule has 334 valence electrons. The molecule has 2 heterocycles. The molecule has 2 saturated heterocycles. The SMILES string of the molecule is C=CCc1cc(-c2cc(CC=C)c(OCC3CO3)c(CC=C)c2)cc(CC=C)c1OCC(O)COc1c(CC=C)cc(-c2cc(CC=C)c(OCC3CO3)c(CC=C)c2)cc1CC=C. The highest BCUT2D eigenvalue weighted by Crippen LogP contribution is 2.39. The van der Waals surface area contributed by atoms with E-state index in [1.807, 2.05) is 48.6 Å². The predicted molar refractivity (Wildman–Crippen MR) is 262 cm³/mol. The zero-order valence-electron chi connectivity index (χ0n) is 37.4. The van der Waals surface area contributed by atoms with Crippen molar-refractivity contribution in [2.45, 2.75) is 69.7 Å². The van der Waals surface area contributed by atoms with Gasteiger partial charge in [-0.1, -0.05) is 48.6 Å². The Kier molecular flexibility index (Phi) is 17.4. The fourth-order valence-corrected chi connectivity index (χ4v) is 7.97. The lowest BCUT2D eigenvalue weighted by Crippen LogP contribution is -2.26. The number of aliphatic hydroxyl groups excluding tert-OH is 1. The molecule has 1 N–H and O–H groups in total. The van der Waals surface area contributed by atoms with Gasteiger partial charge in [0.1, 0.15) is 67.7 Å². The van der Waals surface area contributed by atoms with Gasteiger partial charge in [0.25, 0.3) is 0 Å². The number of hydrogen-bond acceptors (Lipinski definition) is 7. The van der Waals surface area contributed by atoms with Gasteiger partial charge in [-0.05, 0) is 167 Å². The molecular weight excluding hydrogens is 797 g/mol. The molecule has 2 fully saturated rings. The average Bonchev–Trinajstić information content (AvgIpc) is 4.23. The first-order valence-corrected chi connectivity index (χ1v) is 22.2. The van der Waals surface area contributed by atoms with Crippen molar-refractivity contribution < 1.29 is 33.5 Å². The van der Waals surface area contributed by atoms with Gasteiger partial charge < -0.3 is 33.5 Å². The van der Waals surface area contributed by atoms with Gasteiger partial charge >= 0.3 is 0 Å². The third-order valence-electron chi connectivity index (χ3n) is 11.0. The molecule has 0 aromatic heterocycles. The first-order chi connectivity index (χ1) is 31.3. The Labute approximate surface area is 381 Å². The zero-order chi connectivity index (χ0) is 45.4. The summed E-state index contributed by atoms with van der Waals surface area (Å²) < 4.78 is 36.5. The highest BCUT2D eigenvalue weighted by atomic mass is 16.6. The summed E-state index contributed by atoms with van der Waals surface area (Å²) >= 11 is 0. The van der Waals surface area contributed by atoms with Crippen molar-refractivity contribution in [2.75, 3.05) is 39.6 Å². The van der Waals surface area contributed by atoms with Crippen LogP contribution in [0, 0.1) is 0 Å². The van der Waals surface area contributed by atoms with Crippen molar-refractivity contribution in [1.29, 1.82) is 0 Å². The van der Waals surface area contributed by atoms with Crippen LogP contribution in [-0.4, -0.2) is 63.1 Å². The fraction of sp³-hybridized carbons (Fsp3) is 0.298. The van der Waals surface area contributed by atoms with E-state index in [-0.39, 0.29) is 25.4 Å². The molecule has 0 spiro atoms. The molecule has 64 heavy (non-hydrogen) atoms. The summed E-state index contributed by atoms with van der Waals surface area (Å²) in [6.07, 6.45) is 19.3. The Bertz CT molecular complexity index is 2050. The molecule has 4 aromatic carbocycles. The fourth-order valence-electron chi connectivity index (χ4n) is 7.97. The number of hydrogen-bond donors (Lipinski definition) is 1. The van der Waals surface area contributed by atoms with Crippen molar-refractivity contribution in [2.24, 2.45) is 0 Å². The van der Waals surface area contributed by atoms with Crippen molar-refractivity contribution in [3.8, 4) is 45.3 Å². The van der Waals surface area contributed by atoms with Crippen LogP contribution in [0.5, 0.6) is 23.0 Å². The van der Waals surface area contributed by atoms with E-state index in [1.165, 1.54) is 0 Å². The summed E-state index contributed by atoms with van der Waals surface area (Å²) in [5.41, 5.74) is 12.2. The van der Waals surface area contributed by atoms with Crippen LogP contribution < -0.4 is 18.9 Å². The summed E-state index contributed by atoms with van der Waals surface area (Å²) in [6.45, 7) is 34.8. The molecule has 4 aromatic rings. The molecule has 0 amide bonds. The molecule has 2 aliphatic heterocycles. The maximum absolute atomic E-state index is 11.5. The molecule has 7 heteroatoms. The molecule has 2 aliphatic rings. The molecule has 7 nitrogen and oxygen atoms in total. The van der Waals surface area contributed by atoms with Crippen LogP contribution in [0.3, 0.4) is 0 Å². The van der Waals surface area contributed by atoms with Gasteiger partial charge in [0.15, 0.2) is 0 Å². The highest BCUT2D eigenvalue weighted by molar-refractivity contribution is 5.73. The largest absolute Gasteiger partial charge is 0.490 e. The summed E-state index contributed by atoms with van der Waals surface area (Å²) in [6, 6.07) is 17.3. The van der Waals surface area contributed by atoms with E-state index in [0.717, 1.165) is 91.5 Å². The van der Waals surface area contributed by atoms with Gasteiger partial charge in [-0.25, -0.2) is 0 Å². The van der Waals surface area contributed by atoms with Crippen molar-refractivity contribution >= 4 is 0 Å². The van der Waals surface area contributed by atoms with Gasteiger partial charge in [-0.2, -0.15) is 0 Å². The lowest BCUT2D eigenvalue weighted by Gasteiger charge is -2.22. The minimum atomic E-state index is -0.936. The number of ether oxygens (including phenoxy) is 6. The Morgan fingerprint density at radius 3 is 0.797 bits per heavy atom. The van der Waals surface area contributed by atoms with Gasteiger partial charge in [0.2, 0.25) is 0 Å². The molecule has 0 aliphatic carbocycles. The second-order valence-electron chi connectivity index (χ2n) is 16.2. The Hall–Kier alpha value is -6.12.